The van der Waals surface area contributed by atoms with Gasteiger partial charge >= 0.3 is 5.97 Å². The van der Waals surface area contributed by atoms with Gasteiger partial charge in [-0.15, -0.1) is 0 Å². The molecule has 5 nitrogen and oxygen atoms in total. The SMILES string of the molecule is O=C(O)CC(=O)C(CCc1ccccc1)S(=O)CCOCc1ccccc1. The number of hydrogen-bond acceptors (Lipinski definition) is 4. The van der Waals surface area contributed by atoms with Crippen molar-refractivity contribution < 1.29 is 23.6 Å². The Kier molecular flexibility index (Phi) is 8.87. The van der Waals surface area contributed by atoms with E-state index in [-0.39, 0.29) is 12.4 Å². The van der Waals surface area contributed by atoms with Crippen molar-refractivity contribution in [1.82, 2.24) is 0 Å². The van der Waals surface area contributed by atoms with Crippen molar-refractivity contribution in [3.63, 3.8) is 0 Å². The molecule has 2 unspecified atom stereocenters. The van der Waals surface area contributed by atoms with Gasteiger partial charge in [-0.25, -0.2) is 0 Å². The van der Waals surface area contributed by atoms with Crippen molar-refractivity contribution in [2.24, 2.45) is 0 Å². The van der Waals surface area contributed by atoms with E-state index in [0.717, 1.165) is 11.1 Å². The van der Waals surface area contributed by atoms with Crippen LogP contribution in [-0.2, 0) is 38.2 Å². The fraction of sp³-hybridized carbons (Fsp3) is 0.333. The molecule has 0 aromatic heterocycles. The van der Waals surface area contributed by atoms with Crippen molar-refractivity contribution in [3.05, 3.63) is 71.8 Å². The van der Waals surface area contributed by atoms with Gasteiger partial charge in [0.15, 0.2) is 5.78 Å². The molecule has 144 valence electrons. The Morgan fingerprint density at radius 2 is 1.56 bits per heavy atom. The molecule has 6 heteroatoms. The number of aliphatic carboxylic acids is 1. The zero-order chi connectivity index (χ0) is 19.5. The molecule has 0 aliphatic rings. The van der Waals surface area contributed by atoms with Crippen LogP contribution >= 0.6 is 0 Å². The molecule has 2 aromatic rings. The Labute approximate surface area is 161 Å². The standard InChI is InChI=1S/C21H24O5S/c22-19(15-21(23)24)20(12-11-17-7-3-1-4-8-17)27(25)14-13-26-16-18-9-5-2-6-10-18/h1-10,20H,11-16H2,(H,23,24). The van der Waals surface area contributed by atoms with Crippen LogP contribution in [0.5, 0.6) is 0 Å². The molecule has 0 saturated heterocycles. The third-order valence-corrected chi connectivity index (χ3v) is 5.78. The lowest BCUT2D eigenvalue weighted by Crippen LogP contribution is -2.31. The normalized spacial score (nSPS) is 13.0. The van der Waals surface area contributed by atoms with Crippen LogP contribution in [0.3, 0.4) is 0 Å². The van der Waals surface area contributed by atoms with E-state index in [4.69, 9.17) is 9.84 Å². The Balaban J connectivity index is 1.87. The van der Waals surface area contributed by atoms with Crippen LogP contribution in [0.2, 0.25) is 0 Å². The van der Waals surface area contributed by atoms with Crippen LogP contribution in [-0.4, -0.2) is 38.7 Å². The zero-order valence-corrected chi connectivity index (χ0v) is 15.9. The predicted octanol–water partition coefficient (Wildman–Crippen LogP) is 3.00. The molecular weight excluding hydrogens is 364 g/mol. The summed E-state index contributed by atoms with van der Waals surface area (Å²) in [5, 5.41) is 8.11. The topological polar surface area (TPSA) is 80.7 Å². The van der Waals surface area contributed by atoms with Crippen LogP contribution in [0.4, 0.5) is 0 Å². The fourth-order valence-corrected chi connectivity index (χ4v) is 4.02. The highest BCUT2D eigenvalue weighted by Crippen LogP contribution is 2.13. The summed E-state index contributed by atoms with van der Waals surface area (Å²) in [7, 11) is -1.47. The van der Waals surface area contributed by atoms with E-state index in [1.807, 2.05) is 60.7 Å². The summed E-state index contributed by atoms with van der Waals surface area (Å²) in [5.74, 6) is -1.47. The average molecular weight is 388 g/mol. The predicted molar refractivity (Wildman–Crippen MR) is 105 cm³/mol. The third kappa shape index (κ3) is 7.85. The number of carboxylic acids is 1. The van der Waals surface area contributed by atoms with Gasteiger partial charge in [-0.2, -0.15) is 0 Å². The lowest BCUT2D eigenvalue weighted by molar-refractivity contribution is -0.140. The number of aryl methyl sites for hydroxylation is 1. The van der Waals surface area contributed by atoms with Gasteiger partial charge in [-0.1, -0.05) is 60.7 Å². The molecule has 0 aliphatic carbocycles. The summed E-state index contributed by atoms with van der Waals surface area (Å²) in [6.07, 6.45) is 0.338. The maximum Gasteiger partial charge on any atom is 0.310 e. The highest BCUT2D eigenvalue weighted by molar-refractivity contribution is 7.86. The van der Waals surface area contributed by atoms with Crippen LogP contribution in [0, 0.1) is 0 Å². The first-order valence-corrected chi connectivity index (χ1v) is 10.2. The molecule has 0 bridgehead atoms. The van der Waals surface area contributed by atoms with E-state index in [1.165, 1.54) is 0 Å². The van der Waals surface area contributed by atoms with Gasteiger partial charge in [-0.3, -0.25) is 13.8 Å². The van der Waals surface area contributed by atoms with Crippen LogP contribution in [0.1, 0.15) is 24.0 Å². The molecular formula is C21H24O5S. The maximum absolute atomic E-state index is 12.6. The summed E-state index contributed by atoms with van der Waals surface area (Å²) in [6.45, 7) is 0.666. The van der Waals surface area contributed by atoms with Crippen molar-refractivity contribution in [2.75, 3.05) is 12.4 Å². The first-order chi connectivity index (χ1) is 13.1. The lowest BCUT2D eigenvalue weighted by atomic mass is 10.1. The minimum atomic E-state index is -1.47. The number of ether oxygens (including phenoxy) is 1. The third-order valence-electron chi connectivity index (χ3n) is 4.08. The largest absolute Gasteiger partial charge is 0.481 e. The van der Waals surface area contributed by atoms with E-state index in [2.05, 4.69) is 0 Å². The van der Waals surface area contributed by atoms with E-state index in [0.29, 0.717) is 19.4 Å². The molecule has 0 radical (unpaired) electrons. The summed E-state index contributed by atoms with van der Waals surface area (Å²) >= 11 is 0. The van der Waals surface area contributed by atoms with Crippen molar-refractivity contribution in [3.8, 4) is 0 Å². The van der Waals surface area contributed by atoms with E-state index < -0.39 is 34.2 Å². The monoisotopic (exact) mass is 388 g/mol. The van der Waals surface area contributed by atoms with Gasteiger partial charge in [0.25, 0.3) is 0 Å². The summed E-state index contributed by atoms with van der Waals surface area (Å²) in [6, 6.07) is 19.2. The first-order valence-electron chi connectivity index (χ1n) is 8.83. The second kappa shape index (κ2) is 11.4. The smallest absolute Gasteiger partial charge is 0.310 e. The van der Waals surface area contributed by atoms with Crippen molar-refractivity contribution >= 4 is 22.6 Å². The average Bonchev–Trinajstić information content (AvgIpc) is 2.66. The Bertz CT molecular complexity index is 746. The highest BCUT2D eigenvalue weighted by Gasteiger charge is 2.26. The molecule has 0 saturated carbocycles. The minimum Gasteiger partial charge on any atom is -0.481 e. The van der Waals surface area contributed by atoms with E-state index in [9.17, 15) is 13.8 Å². The molecule has 0 spiro atoms. The Morgan fingerprint density at radius 3 is 2.15 bits per heavy atom. The zero-order valence-electron chi connectivity index (χ0n) is 15.1. The number of Topliss-reactive ketones (excluding diaryl/α,β-unsaturated/α-hetero) is 1. The molecule has 0 aliphatic heterocycles. The van der Waals surface area contributed by atoms with Gasteiger partial charge < -0.3 is 9.84 Å². The van der Waals surface area contributed by atoms with Gasteiger partial charge in [0.1, 0.15) is 6.42 Å². The summed E-state index contributed by atoms with van der Waals surface area (Å²) in [4.78, 5) is 23.1. The molecule has 0 fully saturated rings. The molecule has 1 N–H and O–H groups in total. The number of carbonyl (C=O) groups is 2. The molecule has 2 aromatic carbocycles. The van der Waals surface area contributed by atoms with Gasteiger partial charge in [0.05, 0.1) is 18.5 Å². The number of hydrogen-bond donors (Lipinski definition) is 1. The summed E-state index contributed by atoms with van der Waals surface area (Å²) in [5.41, 5.74) is 2.05. The van der Waals surface area contributed by atoms with E-state index in [1.54, 1.807) is 0 Å². The molecule has 2 atom stereocenters. The number of benzene rings is 2. The van der Waals surface area contributed by atoms with Crippen LogP contribution in [0.15, 0.2) is 60.7 Å². The van der Waals surface area contributed by atoms with Gasteiger partial charge in [-0.05, 0) is 24.0 Å². The Morgan fingerprint density at radius 1 is 0.963 bits per heavy atom. The number of carbonyl (C=O) groups excluding carboxylic acids is 1. The minimum absolute atomic E-state index is 0.206. The van der Waals surface area contributed by atoms with Crippen LogP contribution in [0.25, 0.3) is 0 Å². The second-order valence-electron chi connectivity index (χ2n) is 6.17. The van der Waals surface area contributed by atoms with Crippen molar-refractivity contribution in [2.45, 2.75) is 31.1 Å². The van der Waals surface area contributed by atoms with E-state index >= 15 is 0 Å². The highest BCUT2D eigenvalue weighted by atomic mass is 32.2. The van der Waals surface area contributed by atoms with Gasteiger partial charge in [0.2, 0.25) is 0 Å². The number of carboxylic acid groups (broad SMARTS) is 1. The second-order valence-corrected chi connectivity index (χ2v) is 7.91. The fourth-order valence-electron chi connectivity index (χ4n) is 2.69. The molecule has 0 amide bonds. The van der Waals surface area contributed by atoms with Crippen LogP contribution < -0.4 is 0 Å². The number of rotatable bonds is 12. The Hall–Kier alpha value is -2.31. The van der Waals surface area contributed by atoms with Crippen molar-refractivity contribution in [1.29, 1.82) is 0 Å². The lowest BCUT2D eigenvalue weighted by Gasteiger charge is -2.15. The molecule has 2 rings (SSSR count). The maximum atomic E-state index is 12.6. The molecule has 0 heterocycles. The quantitative estimate of drug-likeness (QED) is 0.447. The van der Waals surface area contributed by atoms with Gasteiger partial charge in [0, 0.05) is 16.6 Å². The summed E-state index contributed by atoms with van der Waals surface area (Å²) < 4.78 is 18.2. The number of ketones is 1. The molecule has 27 heavy (non-hydrogen) atoms. The first kappa shape index (κ1) is 21.0.